The lowest BCUT2D eigenvalue weighted by molar-refractivity contribution is -0.112. The van der Waals surface area contributed by atoms with Gasteiger partial charge in [0.05, 0.1) is 24.4 Å². The van der Waals surface area contributed by atoms with E-state index < -0.39 is 0 Å². The Hall–Kier alpha value is -0.200. The highest BCUT2D eigenvalue weighted by Gasteiger charge is 2.22. The molecule has 0 amide bonds. The predicted molar refractivity (Wildman–Crippen MR) is 281 cm³/mol. The van der Waals surface area contributed by atoms with Crippen LogP contribution in [0.15, 0.2) is 0 Å². The smallest absolute Gasteiger partial charge is 0.189 e. The Labute approximate surface area is 405 Å². The molecule has 0 saturated heterocycles. The maximum atomic E-state index is 13.1. The first kappa shape index (κ1) is 63.8. The van der Waals surface area contributed by atoms with E-state index in [0.717, 1.165) is 116 Å². The van der Waals surface area contributed by atoms with Gasteiger partial charge in [-0.15, -0.1) is 0 Å². The van der Waals surface area contributed by atoms with Crippen LogP contribution in [0, 0.1) is 0 Å². The van der Waals surface area contributed by atoms with E-state index in [2.05, 4.69) is 51.3 Å². The molecular formula is C54H108N2O6S2. The Morgan fingerprint density at radius 1 is 0.359 bits per heavy atom. The fourth-order valence-electron chi connectivity index (χ4n) is 8.65. The molecule has 0 aromatic heterocycles. The molecule has 0 rings (SSSR count). The molecule has 0 aliphatic heterocycles. The second-order valence-corrected chi connectivity index (χ2v) is 22.5. The summed E-state index contributed by atoms with van der Waals surface area (Å²) in [7, 11) is 0. The van der Waals surface area contributed by atoms with E-state index in [-0.39, 0.29) is 45.1 Å². The third-order valence-electron chi connectivity index (χ3n) is 12.9. The van der Waals surface area contributed by atoms with Crippen molar-refractivity contribution in [2.24, 2.45) is 0 Å². The average molecular weight is 946 g/mol. The van der Waals surface area contributed by atoms with Crippen molar-refractivity contribution in [3.8, 4) is 0 Å². The van der Waals surface area contributed by atoms with Gasteiger partial charge in [0.15, 0.2) is 10.2 Å². The summed E-state index contributed by atoms with van der Waals surface area (Å²) in [5, 5.41) is 44.0. The van der Waals surface area contributed by atoms with Crippen molar-refractivity contribution < 1.29 is 30.0 Å². The van der Waals surface area contributed by atoms with Gasteiger partial charge < -0.3 is 20.4 Å². The first-order valence-electron chi connectivity index (χ1n) is 27.5. The molecule has 382 valence electrons. The van der Waals surface area contributed by atoms with Gasteiger partial charge >= 0.3 is 0 Å². The molecule has 0 radical (unpaired) electrons. The van der Waals surface area contributed by atoms with Crippen molar-refractivity contribution in [2.75, 3.05) is 39.3 Å². The standard InChI is InChI=1S/C54H108N2O6S2/c1-7-11-15-19-23-27-35-49(57)43-55(44-50(58)36-28-24-20-16-12-8-2)41-33-31-39-53(61)63-47(5)48(6)64-54(62)40-32-34-42-56(45-51(59)37-29-25-21-17-13-9-3)46-52(60)38-30-26-22-18-14-10-4/h47-52,57-60H,7-46H2,1-6H3. The fourth-order valence-corrected chi connectivity index (χ4v) is 10.7. The third-order valence-corrected chi connectivity index (χ3v) is 15.6. The molecule has 64 heavy (non-hydrogen) atoms. The molecule has 0 spiro atoms. The zero-order chi connectivity index (χ0) is 47.5. The Morgan fingerprint density at radius 2 is 0.594 bits per heavy atom. The van der Waals surface area contributed by atoms with Crippen LogP contribution in [0.4, 0.5) is 0 Å². The van der Waals surface area contributed by atoms with Gasteiger partial charge in [0.25, 0.3) is 0 Å². The van der Waals surface area contributed by atoms with Crippen molar-refractivity contribution in [3.63, 3.8) is 0 Å². The molecule has 6 unspecified atom stereocenters. The molecule has 0 fully saturated rings. The highest BCUT2D eigenvalue weighted by molar-refractivity contribution is 8.17. The highest BCUT2D eigenvalue weighted by atomic mass is 32.2. The van der Waals surface area contributed by atoms with Crippen molar-refractivity contribution >= 4 is 33.8 Å². The maximum absolute atomic E-state index is 13.1. The minimum absolute atomic E-state index is 0.0314. The molecule has 0 aliphatic rings. The molecule has 0 aliphatic carbocycles. The largest absolute Gasteiger partial charge is 0.392 e. The molecule has 0 bridgehead atoms. The number of hydrogen-bond donors (Lipinski definition) is 4. The van der Waals surface area contributed by atoms with Crippen LogP contribution in [0.3, 0.4) is 0 Å². The SMILES string of the molecule is CCCCCCCCC(O)CN(CCCCC(=O)SC(C)C(C)SC(=O)CCCCN(CC(O)CCCCCCCC)CC(O)CCCCCCCC)CC(O)CCCCCCCC. The van der Waals surface area contributed by atoms with Gasteiger partial charge in [-0.1, -0.05) is 219 Å². The van der Waals surface area contributed by atoms with E-state index in [1.54, 1.807) is 0 Å². The topological polar surface area (TPSA) is 122 Å². The van der Waals surface area contributed by atoms with E-state index >= 15 is 0 Å². The monoisotopic (exact) mass is 945 g/mol. The molecule has 6 atom stereocenters. The molecule has 0 heterocycles. The van der Waals surface area contributed by atoms with Crippen molar-refractivity contribution in [2.45, 2.75) is 295 Å². The summed E-state index contributed by atoms with van der Waals surface area (Å²) in [5.41, 5.74) is 0. The van der Waals surface area contributed by atoms with Gasteiger partial charge in [0.1, 0.15) is 0 Å². The summed E-state index contributed by atoms with van der Waals surface area (Å²) in [6.45, 7) is 16.9. The molecule has 4 N–H and O–H groups in total. The molecule has 10 heteroatoms. The first-order chi connectivity index (χ1) is 30.9. The van der Waals surface area contributed by atoms with Crippen molar-refractivity contribution in [1.29, 1.82) is 0 Å². The van der Waals surface area contributed by atoms with Gasteiger partial charge in [-0.3, -0.25) is 19.4 Å². The van der Waals surface area contributed by atoms with Gasteiger partial charge in [0.2, 0.25) is 0 Å². The number of hydrogen-bond acceptors (Lipinski definition) is 10. The summed E-state index contributed by atoms with van der Waals surface area (Å²) in [6, 6.07) is 0. The number of carbonyl (C=O) groups excluding carboxylic acids is 2. The molecule has 8 nitrogen and oxygen atoms in total. The van der Waals surface area contributed by atoms with Crippen molar-refractivity contribution in [3.05, 3.63) is 0 Å². The number of rotatable bonds is 49. The zero-order valence-electron chi connectivity index (χ0n) is 43.1. The number of thioether (sulfide) groups is 2. The lowest BCUT2D eigenvalue weighted by Crippen LogP contribution is -2.38. The van der Waals surface area contributed by atoms with Crippen LogP contribution >= 0.6 is 23.5 Å². The molecular weight excluding hydrogens is 837 g/mol. The van der Waals surface area contributed by atoms with Gasteiger partial charge in [-0.05, 0) is 64.5 Å². The van der Waals surface area contributed by atoms with Gasteiger partial charge in [0, 0.05) is 49.5 Å². The number of nitrogens with zero attached hydrogens (tertiary/aromatic N) is 2. The van der Waals surface area contributed by atoms with Crippen LogP contribution in [0.25, 0.3) is 0 Å². The second kappa shape index (κ2) is 46.5. The van der Waals surface area contributed by atoms with Crippen LogP contribution in [0.5, 0.6) is 0 Å². The molecule has 0 saturated carbocycles. The normalized spacial score (nSPS) is 14.9. The second-order valence-electron chi connectivity index (χ2n) is 19.7. The molecule has 0 aromatic carbocycles. The Bertz CT molecular complexity index is 900. The Kier molecular flexibility index (Phi) is 46.4. The number of unbranched alkanes of at least 4 members (excludes halogenated alkanes) is 22. The van der Waals surface area contributed by atoms with Gasteiger partial charge in [-0.2, -0.15) is 0 Å². The van der Waals surface area contributed by atoms with Crippen LogP contribution < -0.4 is 0 Å². The maximum Gasteiger partial charge on any atom is 0.189 e. The number of aliphatic hydroxyl groups is 4. The number of carbonyl (C=O) groups is 2. The van der Waals surface area contributed by atoms with E-state index in [1.165, 1.54) is 126 Å². The average Bonchev–Trinajstić information content (AvgIpc) is 3.25. The first-order valence-corrected chi connectivity index (χ1v) is 29.3. The van der Waals surface area contributed by atoms with E-state index in [4.69, 9.17) is 0 Å². The minimum Gasteiger partial charge on any atom is -0.392 e. The van der Waals surface area contributed by atoms with E-state index in [0.29, 0.717) is 39.0 Å². The third kappa shape index (κ3) is 41.9. The Balaban J connectivity index is 4.80. The van der Waals surface area contributed by atoms with Crippen molar-refractivity contribution in [1.82, 2.24) is 9.80 Å². The lowest BCUT2D eigenvalue weighted by atomic mass is 10.1. The van der Waals surface area contributed by atoms with E-state index in [1.807, 2.05) is 0 Å². The van der Waals surface area contributed by atoms with Crippen LogP contribution in [0.2, 0.25) is 0 Å². The number of aliphatic hydroxyl groups excluding tert-OH is 4. The lowest BCUT2D eigenvalue weighted by Gasteiger charge is -2.27. The van der Waals surface area contributed by atoms with Crippen LogP contribution in [-0.4, -0.2) is 115 Å². The fraction of sp³-hybridized carbons (Fsp3) is 0.963. The predicted octanol–water partition coefficient (Wildman–Crippen LogP) is 13.7. The van der Waals surface area contributed by atoms with E-state index in [9.17, 15) is 30.0 Å². The highest BCUT2D eigenvalue weighted by Crippen LogP contribution is 2.28. The molecule has 0 aromatic rings. The minimum atomic E-state index is -0.390. The zero-order valence-corrected chi connectivity index (χ0v) is 44.7. The Morgan fingerprint density at radius 3 is 0.844 bits per heavy atom. The quantitative estimate of drug-likeness (QED) is 0.0439. The van der Waals surface area contributed by atoms with Gasteiger partial charge in [-0.25, -0.2) is 0 Å². The summed E-state index contributed by atoms with van der Waals surface area (Å²) in [5.74, 6) is 0. The summed E-state index contributed by atoms with van der Waals surface area (Å²) in [4.78, 5) is 30.6. The van der Waals surface area contributed by atoms with Crippen LogP contribution in [0.1, 0.15) is 260 Å². The summed E-state index contributed by atoms with van der Waals surface area (Å²) < 4.78 is 0. The van der Waals surface area contributed by atoms with Crippen LogP contribution in [-0.2, 0) is 9.59 Å². The summed E-state index contributed by atoms with van der Waals surface area (Å²) >= 11 is 2.73. The summed E-state index contributed by atoms with van der Waals surface area (Å²) in [6.07, 6.45) is 34.8.